The molecule has 2 aliphatic rings. The van der Waals surface area contributed by atoms with E-state index in [1.54, 1.807) is 21.3 Å². The van der Waals surface area contributed by atoms with Crippen molar-refractivity contribution in [3.63, 3.8) is 0 Å². The Balaban J connectivity index is 2.10. The van der Waals surface area contributed by atoms with Crippen molar-refractivity contribution in [1.29, 1.82) is 0 Å². The van der Waals surface area contributed by atoms with Gasteiger partial charge in [0.25, 0.3) is 5.91 Å². The van der Waals surface area contributed by atoms with Crippen LogP contribution in [0, 0.1) is 0 Å². The highest BCUT2D eigenvalue weighted by atomic mass is 79.9. The first-order valence-electron chi connectivity index (χ1n) is 8.36. The van der Waals surface area contributed by atoms with E-state index in [9.17, 15) is 4.79 Å². The van der Waals surface area contributed by atoms with Crippen LogP contribution in [0.5, 0.6) is 17.2 Å². The van der Waals surface area contributed by atoms with Crippen molar-refractivity contribution in [3.05, 3.63) is 43.8 Å². The number of rotatable bonds is 3. The number of amides is 1. The second-order valence-corrected chi connectivity index (χ2v) is 8.14. The van der Waals surface area contributed by atoms with Crippen molar-refractivity contribution in [2.75, 3.05) is 33.2 Å². The minimum absolute atomic E-state index is 0.150. The quantitative estimate of drug-likeness (QED) is 0.678. The van der Waals surface area contributed by atoms with Gasteiger partial charge in [0.1, 0.15) is 0 Å². The Morgan fingerprint density at radius 3 is 2.44 bits per heavy atom. The maximum Gasteiger partial charge on any atom is 0.254 e. The van der Waals surface area contributed by atoms with E-state index in [0.29, 0.717) is 23.8 Å². The van der Waals surface area contributed by atoms with Gasteiger partial charge >= 0.3 is 0 Å². The van der Waals surface area contributed by atoms with Gasteiger partial charge in [-0.3, -0.25) is 10.1 Å². The number of hydrogen-bond acceptors (Lipinski definition) is 5. The smallest absolute Gasteiger partial charge is 0.254 e. The molecule has 2 aliphatic heterocycles. The monoisotopic (exact) mass is 496 g/mol. The Labute approximate surface area is 173 Å². The van der Waals surface area contributed by atoms with Crippen LogP contribution < -0.4 is 24.8 Å². The lowest BCUT2D eigenvalue weighted by molar-refractivity contribution is -0.120. The second kappa shape index (κ2) is 6.68. The first-order chi connectivity index (χ1) is 13.0. The van der Waals surface area contributed by atoms with E-state index in [2.05, 4.69) is 42.5 Å². The molecular weight excluding hydrogens is 480 g/mol. The molecule has 6 nitrogen and oxygen atoms in total. The molecule has 0 bridgehead atoms. The number of hydrogen-bond donors (Lipinski definition) is 2. The third kappa shape index (κ3) is 2.50. The summed E-state index contributed by atoms with van der Waals surface area (Å²) in [6.45, 7) is 0.641. The largest absolute Gasteiger partial charge is 0.493 e. The van der Waals surface area contributed by atoms with Gasteiger partial charge in [0.2, 0.25) is 5.75 Å². The van der Waals surface area contributed by atoms with E-state index in [-0.39, 0.29) is 5.91 Å². The summed E-state index contributed by atoms with van der Waals surface area (Å²) in [7, 11) is 4.72. The molecule has 0 radical (unpaired) electrons. The lowest BCUT2D eigenvalue weighted by atomic mass is 9.77. The van der Waals surface area contributed by atoms with E-state index in [0.717, 1.165) is 37.7 Å². The number of fused-ring (bicyclic) bond motifs is 4. The Hall–Kier alpha value is -1.77. The van der Waals surface area contributed by atoms with Gasteiger partial charge in [-0.15, -0.1) is 0 Å². The summed E-state index contributed by atoms with van der Waals surface area (Å²) in [5.41, 5.74) is 2.26. The molecular formula is C19H18Br2N2O4. The first kappa shape index (κ1) is 18.6. The van der Waals surface area contributed by atoms with Crippen LogP contribution in [0.2, 0.25) is 0 Å². The van der Waals surface area contributed by atoms with Crippen molar-refractivity contribution in [2.45, 2.75) is 12.0 Å². The van der Waals surface area contributed by atoms with Crippen LogP contribution in [0.4, 0.5) is 5.69 Å². The summed E-state index contributed by atoms with van der Waals surface area (Å²) in [4.78, 5) is 13.3. The predicted octanol–water partition coefficient (Wildman–Crippen LogP) is 3.58. The average molecular weight is 498 g/mol. The fourth-order valence-corrected chi connectivity index (χ4v) is 5.36. The summed E-state index contributed by atoms with van der Waals surface area (Å²) >= 11 is 7.09. The lowest BCUT2D eigenvalue weighted by Gasteiger charge is -2.37. The summed E-state index contributed by atoms with van der Waals surface area (Å²) in [6.07, 6.45) is 0.742. The zero-order valence-corrected chi connectivity index (χ0v) is 18.2. The number of carbonyl (C=O) groups is 1. The summed E-state index contributed by atoms with van der Waals surface area (Å²) in [5.74, 6) is 1.40. The van der Waals surface area contributed by atoms with Gasteiger partial charge in [0.05, 0.1) is 27.0 Å². The highest BCUT2D eigenvalue weighted by Gasteiger charge is 2.53. The van der Waals surface area contributed by atoms with E-state index in [1.807, 2.05) is 18.2 Å². The molecule has 0 saturated heterocycles. The van der Waals surface area contributed by atoms with E-state index < -0.39 is 5.54 Å². The van der Waals surface area contributed by atoms with Crippen LogP contribution in [0.15, 0.2) is 27.1 Å². The fourth-order valence-electron chi connectivity index (χ4n) is 4.04. The van der Waals surface area contributed by atoms with Crippen LogP contribution in [0.3, 0.4) is 0 Å². The summed E-state index contributed by atoms with van der Waals surface area (Å²) in [6, 6.07) is 5.79. The van der Waals surface area contributed by atoms with Crippen LogP contribution in [0.25, 0.3) is 0 Å². The number of nitrogens with one attached hydrogen (secondary N) is 2. The Morgan fingerprint density at radius 2 is 1.78 bits per heavy atom. The Bertz CT molecular complexity index is 963. The van der Waals surface area contributed by atoms with E-state index in [4.69, 9.17) is 14.2 Å². The van der Waals surface area contributed by atoms with E-state index >= 15 is 0 Å². The van der Waals surface area contributed by atoms with Gasteiger partial charge in [0.15, 0.2) is 17.0 Å². The molecule has 1 atom stereocenters. The lowest BCUT2D eigenvalue weighted by Crippen LogP contribution is -2.53. The molecule has 0 fully saturated rings. The van der Waals surface area contributed by atoms with Crippen molar-refractivity contribution < 1.29 is 19.0 Å². The summed E-state index contributed by atoms with van der Waals surface area (Å²) < 4.78 is 18.5. The number of benzene rings is 2. The highest BCUT2D eigenvalue weighted by Crippen LogP contribution is 2.54. The Kier molecular flexibility index (Phi) is 4.60. The van der Waals surface area contributed by atoms with E-state index in [1.165, 1.54) is 0 Å². The van der Waals surface area contributed by atoms with Gasteiger partial charge < -0.3 is 19.5 Å². The Morgan fingerprint density at radius 1 is 1.04 bits per heavy atom. The maximum absolute atomic E-state index is 13.3. The third-order valence-corrected chi connectivity index (χ3v) is 6.19. The third-order valence-electron chi connectivity index (χ3n) is 5.11. The molecule has 1 unspecified atom stereocenters. The zero-order valence-electron chi connectivity index (χ0n) is 15.0. The average Bonchev–Trinajstić information content (AvgIpc) is 2.93. The predicted molar refractivity (Wildman–Crippen MR) is 109 cm³/mol. The van der Waals surface area contributed by atoms with Crippen molar-refractivity contribution >= 4 is 43.5 Å². The molecule has 2 heterocycles. The minimum Gasteiger partial charge on any atom is -0.493 e. The fraction of sp³-hybridized carbons (Fsp3) is 0.316. The number of halogens is 2. The van der Waals surface area contributed by atoms with Gasteiger partial charge in [0, 0.05) is 26.6 Å². The van der Waals surface area contributed by atoms with Crippen molar-refractivity contribution in [1.82, 2.24) is 5.32 Å². The van der Waals surface area contributed by atoms with Crippen LogP contribution in [-0.2, 0) is 16.8 Å². The molecule has 0 saturated carbocycles. The second-order valence-electron chi connectivity index (χ2n) is 6.37. The summed E-state index contributed by atoms with van der Waals surface area (Å²) in [5, 5.41) is 6.46. The van der Waals surface area contributed by atoms with Gasteiger partial charge in [-0.05, 0) is 46.1 Å². The molecule has 0 aliphatic carbocycles. The highest BCUT2D eigenvalue weighted by molar-refractivity contribution is 9.11. The van der Waals surface area contributed by atoms with Gasteiger partial charge in [-0.2, -0.15) is 0 Å². The normalized spacial score (nSPS) is 20.1. The van der Waals surface area contributed by atoms with Crippen LogP contribution in [-0.4, -0.2) is 33.8 Å². The molecule has 1 spiro atoms. The SMILES string of the molecule is COc1cc2c(c(OC)c1OC)C1(NCC2)C(=O)Nc2c(Br)cc(Br)cc21. The van der Waals surface area contributed by atoms with Crippen LogP contribution in [0.1, 0.15) is 16.7 Å². The molecule has 2 aromatic rings. The molecule has 4 rings (SSSR count). The van der Waals surface area contributed by atoms with Crippen molar-refractivity contribution in [3.8, 4) is 17.2 Å². The molecule has 142 valence electrons. The maximum atomic E-state index is 13.3. The van der Waals surface area contributed by atoms with Gasteiger partial charge in [-0.1, -0.05) is 15.9 Å². The molecule has 2 aromatic carbocycles. The number of methoxy groups -OCH3 is 3. The number of carbonyl (C=O) groups excluding carboxylic acids is 1. The zero-order chi connectivity index (χ0) is 19.3. The topological polar surface area (TPSA) is 68.8 Å². The molecule has 27 heavy (non-hydrogen) atoms. The number of anilines is 1. The molecule has 2 N–H and O–H groups in total. The van der Waals surface area contributed by atoms with Gasteiger partial charge in [-0.25, -0.2) is 0 Å². The van der Waals surface area contributed by atoms with Crippen LogP contribution >= 0.6 is 31.9 Å². The number of ether oxygens (including phenoxy) is 3. The molecule has 0 aromatic heterocycles. The standard InChI is InChI=1S/C19H18Br2N2O4/c1-25-13-6-9-4-5-22-19(14(9)17(27-3)16(13)26-2)11-7-10(20)8-12(21)15(11)23-18(19)24/h6-8,22H,4-5H2,1-3H3,(H,23,24). The van der Waals surface area contributed by atoms with Crippen molar-refractivity contribution in [2.24, 2.45) is 0 Å². The minimum atomic E-state index is -1.07. The molecule has 1 amide bonds. The molecule has 8 heteroatoms. The first-order valence-corrected chi connectivity index (χ1v) is 9.94.